The highest BCUT2D eigenvalue weighted by atomic mass is 19.4. The standard InChI is InChI=1S/C10H16F3NO4/c1-7(18-2)3-4-8(15)14(5-9(16)17)6-10(11,12)13/h7H,3-6H2,1-2H3,(H,16,17). The van der Waals surface area contributed by atoms with E-state index >= 15 is 0 Å². The number of carboxylic acid groups (broad SMARTS) is 1. The maximum absolute atomic E-state index is 12.2. The normalized spacial score (nSPS) is 13.2. The minimum absolute atomic E-state index is 0.182. The molecule has 0 saturated heterocycles. The Bertz CT molecular complexity index is 293. The van der Waals surface area contributed by atoms with E-state index in [1.165, 1.54) is 7.11 Å². The Balaban J connectivity index is 4.45. The fourth-order valence-corrected chi connectivity index (χ4v) is 1.21. The molecule has 1 N–H and O–H groups in total. The van der Waals surface area contributed by atoms with Crippen molar-refractivity contribution in [1.29, 1.82) is 0 Å². The fourth-order valence-electron chi connectivity index (χ4n) is 1.21. The molecule has 1 amide bonds. The second-order valence-electron chi connectivity index (χ2n) is 3.84. The minimum atomic E-state index is -4.61. The van der Waals surface area contributed by atoms with Crippen LogP contribution >= 0.6 is 0 Å². The summed E-state index contributed by atoms with van der Waals surface area (Å²) in [5, 5.41) is 8.47. The van der Waals surface area contributed by atoms with Crippen LogP contribution in [-0.4, -0.2) is 54.4 Å². The van der Waals surface area contributed by atoms with Crippen LogP contribution in [0.3, 0.4) is 0 Å². The zero-order valence-electron chi connectivity index (χ0n) is 10.2. The number of alkyl halides is 3. The molecule has 0 fully saturated rings. The van der Waals surface area contributed by atoms with Gasteiger partial charge in [-0.15, -0.1) is 0 Å². The summed E-state index contributed by atoms with van der Waals surface area (Å²) >= 11 is 0. The monoisotopic (exact) mass is 271 g/mol. The molecule has 1 unspecified atom stereocenters. The molecule has 0 bridgehead atoms. The Morgan fingerprint density at radius 1 is 1.39 bits per heavy atom. The molecule has 0 aliphatic carbocycles. The Morgan fingerprint density at radius 3 is 2.33 bits per heavy atom. The Morgan fingerprint density at radius 2 is 1.94 bits per heavy atom. The van der Waals surface area contributed by atoms with Crippen LogP contribution in [-0.2, 0) is 14.3 Å². The van der Waals surface area contributed by atoms with Gasteiger partial charge < -0.3 is 14.7 Å². The van der Waals surface area contributed by atoms with Gasteiger partial charge in [-0.2, -0.15) is 13.2 Å². The van der Waals surface area contributed by atoms with Gasteiger partial charge >= 0.3 is 12.1 Å². The first kappa shape index (κ1) is 16.7. The summed E-state index contributed by atoms with van der Waals surface area (Å²) in [6.07, 6.45) is -4.83. The third-order valence-electron chi connectivity index (χ3n) is 2.22. The average Bonchev–Trinajstić information content (AvgIpc) is 2.21. The molecular weight excluding hydrogens is 255 g/mol. The van der Waals surface area contributed by atoms with Crippen LogP contribution in [0, 0.1) is 0 Å². The van der Waals surface area contributed by atoms with Crippen molar-refractivity contribution in [3.8, 4) is 0 Å². The highest BCUT2D eigenvalue weighted by Crippen LogP contribution is 2.17. The molecular formula is C10H16F3NO4. The highest BCUT2D eigenvalue weighted by Gasteiger charge is 2.33. The summed E-state index contributed by atoms with van der Waals surface area (Å²) in [7, 11) is 1.42. The van der Waals surface area contributed by atoms with E-state index in [2.05, 4.69) is 0 Å². The van der Waals surface area contributed by atoms with Gasteiger partial charge in [-0.3, -0.25) is 9.59 Å². The highest BCUT2D eigenvalue weighted by molar-refractivity contribution is 5.81. The molecule has 0 aromatic carbocycles. The van der Waals surface area contributed by atoms with Gasteiger partial charge in [0.15, 0.2) is 0 Å². The first-order chi connectivity index (χ1) is 8.15. The van der Waals surface area contributed by atoms with Crippen LogP contribution in [0.2, 0.25) is 0 Å². The van der Waals surface area contributed by atoms with Gasteiger partial charge in [-0.05, 0) is 13.3 Å². The van der Waals surface area contributed by atoms with Gasteiger partial charge in [0.05, 0.1) is 6.10 Å². The third kappa shape index (κ3) is 7.88. The van der Waals surface area contributed by atoms with Crippen LogP contribution in [0.5, 0.6) is 0 Å². The van der Waals surface area contributed by atoms with E-state index in [0.29, 0.717) is 0 Å². The zero-order valence-corrected chi connectivity index (χ0v) is 10.2. The number of nitrogens with zero attached hydrogens (tertiary/aromatic N) is 1. The summed E-state index contributed by atoms with van der Waals surface area (Å²) in [6, 6.07) is 0. The van der Waals surface area contributed by atoms with Gasteiger partial charge in [0.2, 0.25) is 5.91 Å². The maximum atomic E-state index is 12.2. The van der Waals surface area contributed by atoms with Crippen LogP contribution in [0.15, 0.2) is 0 Å². The number of carbonyl (C=O) groups is 2. The molecule has 0 heterocycles. The first-order valence-electron chi connectivity index (χ1n) is 5.25. The summed E-state index contributed by atoms with van der Waals surface area (Å²) in [5.74, 6) is -2.33. The van der Waals surface area contributed by atoms with Crippen molar-refractivity contribution >= 4 is 11.9 Å². The molecule has 106 valence electrons. The number of hydrogen-bond acceptors (Lipinski definition) is 3. The van der Waals surface area contributed by atoms with Crippen molar-refractivity contribution in [3.05, 3.63) is 0 Å². The molecule has 0 aliphatic heterocycles. The number of ether oxygens (including phenoxy) is 1. The van der Waals surface area contributed by atoms with Gasteiger partial charge in [0, 0.05) is 13.5 Å². The SMILES string of the molecule is COC(C)CCC(=O)N(CC(=O)O)CC(F)(F)F. The molecule has 0 aromatic rings. The van der Waals surface area contributed by atoms with E-state index in [0.717, 1.165) is 0 Å². The lowest BCUT2D eigenvalue weighted by Gasteiger charge is -2.22. The molecule has 0 saturated carbocycles. The van der Waals surface area contributed by atoms with Crippen LogP contribution < -0.4 is 0 Å². The third-order valence-corrected chi connectivity index (χ3v) is 2.22. The molecule has 0 rings (SSSR count). The Hall–Kier alpha value is -1.31. The smallest absolute Gasteiger partial charge is 0.406 e. The number of carbonyl (C=O) groups excluding carboxylic acids is 1. The second-order valence-corrected chi connectivity index (χ2v) is 3.84. The molecule has 18 heavy (non-hydrogen) atoms. The molecule has 8 heteroatoms. The molecule has 1 atom stereocenters. The van der Waals surface area contributed by atoms with Crippen LogP contribution in [0.25, 0.3) is 0 Å². The molecule has 0 aromatic heterocycles. The second kappa shape index (κ2) is 7.20. The lowest BCUT2D eigenvalue weighted by atomic mass is 10.2. The number of aliphatic carboxylic acids is 1. The summed E-state index contributed by atoms with van der Waals surface area (Å²) < 4.78 is 41.4. The summed E-state index contributed by atoms with van der Waals surface area (Å²) in [5.41, 5.74) is 0. The predicted molar refractivity (Wildman–Crippen MR) is 56.0 cm³/mol. The number of rotatable bonds is 7. The number of halogens is 3. The van der Waals surface area contributed by atoms with E-state index in [1.54, 1.807) is 6.92 Å². The van der Waals surface area contributed by atoms with Crippen molar-refractivity contribution < 1.29 is 32.6 Å². The van der Waals surface area contributed by atoms with Crippen LogP contribution in [0.1, 0.15) is 19.8 Å². The Labute approximate surface area is 103 Å². The van der Waals surface area contributed by atoms with Gasteiger partial charge in [-0.25, -0.2) is 0 Å². The number of carboxylic acids is 1. The largest absolute Gasteiger partial charge is 0.480 e. The first-order valence-corrected chi connectivity index (χ1v) is 5.25. The van der Waals surface area contributed by atoms with Gasteiger partial charge in [0.1, 0.15) is 13.1 Å². The van der Waals surface area contributed by atoms with E-state index in [1.807, 2.05) is 0 Å². The van der Waals surface area contributed by atoms with E-state index in [9.17, 15) is 22.8 Å². The Kier molecular flexibility index (Phi) is 6.67. The van der Waals surface area contributed by atoms with Crippen molar-refractivity contribution in [3.63, 3.8) is 0 Å². The van der Waals surface area contributed by atoms with E-state index in [-0.39, 0.29) is 23.8 Å². The zero-order chi connectivity index (χ0) is 14.3. The number of methoxy groups -OCH3 is 1. The van der Waals surface area contributed by atoms with Crippen molar-refractivity contribution in [1.82, 2.24) is 4.90 Å². The number of amides is 1. The van der Waals surface area contributed by atoms with Crippen molar-refractivity contribution in [2.75, 3.05) is 20.2 Å². The average molecular weight is 271 g/mol. The predicted octanol–water partition coefficient (Wildman–Crippen LogP) is 1.28. The van der Waals surface area contributed by atoms with Crippen LogP contribution in [0.4, 0.5) is 13.2 Å². The topological polar surface area (TPSA) is 66.8 Å². The lowest BCUT2D eigenvalue weighted by molar-refractivity contribution is -0.166. The number of hydrogen-bond donors (Lipinski definition) is 1. The molecule has 0 aliphatic rings. The van der Waals surface area contributed by atoms with E-state index < -0.39 is 31.1 Å². The van der Waals surface area contributed by atoms with Crippen molar-refractivity contribution in [2.24, 2.45) is 0 Å². The molecule has 0 radical (unpaired) electrons. The molecule has 5 nitrogen and oxygen atoms in total. The quantitative estimate of drug-likeness (QED) is 0.757. The lowest BCUT2D eigenvalue weighted by Crippen LogP contribution is -2.42. The minimum Gasteiger partial charge on any atom is -0.480 e. The summed E-state index contributed by atoms with van der Waals surface area (Å²) in [6.45, 7) is -0.849. The molecule has 0 spiro atoms. The van der Waals surface area contributed by atoms with E-state index in [4.69, 9.17) is 9.84 Å². The maximum Gasteiger partial charge on any atom is 0.406 e. The van der Waals surface area contributed by atoms with Gasteiger partial charge in [-0.1, -0.05) is 0 Å². The summed E-state index contributed by atoms with van der Waals surface area (Å²) in [4.78, 5) is 22.2. The van der Waals surface area contributed by atoms with Crippen molar-refractivity contribution in [2.45, 2.75) is 32.0 Å². The fraction of sp³-hybridized carbons (Fsp3) is 0.800. The van der Waals surface area contributed by atoms with Gasteiger partial charge in [0.25, 0.3) is 0 Å².